The highest BCUT2D eigenvalue weighted by molar-refractivity contribution is 6.28. The Morgan fingerprint density at radius 3 is 2.57 bits per heavy atom. The highest BCUT2D eigenvalue weighted by atomic mass is 35.5. The van der Waals surface area contributed by atoms with Gasteiger partial charge < -0.3 is 24.1 Å². The Hall–Kier alpha value is -2.83. The molecule has 2 saturated heterocycles. The number of aliphatic hydroxyl groups excluding tert-OH is 1. The number of carbonyl (C=O) groups is 1. The summed E-state index contributed by atoms with van der Waals surface area (Å²) in [5, 5.41) is 9.80. The molecule has 2 aliphatic rings. The number of ether oxygens (including phenoxy) is 4. The van der Waals surface area contributed by atoms with Gasteiger partial charge in [0, 0.05) is 0 Å². The molecule has 5 rings (SSSR count). The topological polar surface area (TPSA) is 121 Å². The van der Waals surface area contributed by atoms with Crippen LogP contribution >= 0.6 is 11.6 Å². The SMILES string of the molecule is CC(C)(C)OC(=O)N(Cc1ccccc1)c1nc(Cl)nc2c1ncn2[C@@H]1O[C@H](CO)[C@H]2OC(C)(C)O[C@H]21. The van der Waals surface area contributed by atoms with Crippen molar-refractivity contribution in [3.05, 3.63) is 47.5 Å². The van der Waals surface area contributed by atoms with Gasteiger partial charge in [0.25, 0.3) is 0 Å². The second kappa shape index (κ2) is 9.48. The summed E-state index contributed by atoms with van der Waals surface area (Å²) in [5.74, 6) is -0.647. The van der Waals surface area contributed by atoms with E-state index in [0.29, 0.717) is 11.2 Å². The first kappa shape index (κ1) is 25.8. The molecule has 11 nitrogen and oxygen atoms in total. The molecule has 2 aromatic heterocycles. The molecule has 37 heavy (non-hydrogen) atoms. The van der Waals surface area contributed by atoms with Gasteiger partial charge in [-0.25, -0.2) is 9.78 Å². The molecule has 3 aromatic rings. The maximum Gasteiger partial charge on any atom is 0.416 e. The Morgan fingerprint density at radius 1 is 1.19 bits per heavy atom. The van der Waals surface area contributed by atoms with E-state index in [1.165, 1.54) is 11.2 Å². The molecule has 0 radical (unpaired) electrons. The van der Waals surface area contributed by atoms with Crippen molar-refractivity contribution in [1.29, 1.82) is 0 Å². The molecule has 0 bridgehead atoms. The average molecular weight is 532 g/mol. The van der Waals surface area contributed by atoms with Crippen molar-refractivity contribution in [2.24, 2.45) is 0 Å². The van der Waals surface area contributed by atoms with Gasteiger partial charge in [0.15, 0.2) is 29.0 Å². The second-order valence-corrected chi connectivity index (χ2v) is 10.8. The van der Waals surface area contributed by atoms with Crippen LogP contribution < -0.4 is 4.90 Å². The Kier molecular flexibility index (Phi) is 6.61. The number of carbonyl (C=O) groups excluding carboxylic acids is 1. The molecule has 2 aliphatic heterocycles. The maximum atomic E-state index is 13.4. The lowest BCUT2D eigenvalue weighted by Gasteiger charge is -2.27. The lowest BCUT2D eigenvalue weighted by molar-refractivity contribution is -0.199. The van der Waals surface area contributed by atoms with Gasteiger partial charge in [-0.05, 0) is 51.8 Å². The van der Waals surface area contributed by atoms with Crippen LogP contribution in [0.1, 0.15) is 46.4 Å². The fraction of sp³-hybridized carbons (Fsp3) is 0.520. The van der Waals surface area contributed by atoms with Crippen molar-refractivity contribution in [3.8, 4) is 0 Å². The standard InChI is InChI=1S/C25H30ClN5O6/c1-24(2,3)37-23(33)30(11-14-9-7-6-8-10-14)19-16-20(29-22(26)28-19)31(13-27-16)21-18-17(15(12-32)34-21)35-25(4,5)36-18/h6-10,13,15,17-18,21,32H,11-12H2,1-5H3/t15-,17-,18-,21-/m1/s1. The first-order chi connectivity index (χ1) is 17.5. The minimum atomic E-state index is -0.845. The van der Waals surface area contributed by atoms with Crippen molar-refractivity contribution < 1.29 is 28.8 Å². The minimum Gasteiger partial charge on any atom is -0.443 e. The van der Waals surface area contributed by atoms with Gasteiger partial charge in [0.2, 0.25) is 5.28 Å². The van der Waals surface area contributed by atoms with Crippen molar-refractivity contribution in [1.82, 2.24) is 19.5 Å². The number of aliphatic hydroxyl groups is 1. The van der Waals surface area contributed by atoms with Crippen LogP contribution in [0.5, 0.6) is 0 Å². The third-order valence-corrected chi connectivity index (χ3v) is 6.18. The molecular weight excluding hydrogens is 502 g/mol. The molecule has 0 aliphatic carbocycles. The normalized spacial score (nSPS) is 24.8. The van der Waals surface area contributed by atoms with Crippen LogP contribution in [0.25, 0.3) is 11.2 Å². The third kappa shape index (κ3) is 5.14. The number of fused-ring (bicyclic) bond motifs is 2. The van der Waals surface area contributed by atoms with Crippen LogP contribution in [0.3, 0.4) is 0 Å². The highest BCUT2D eigenvalue weighted by Crippen LogP contribution is 2.44. The Morgan fingerprint density at radius 2 is 1.89 bits per heavy atom. The maximum absolute atomic E-state index is 13.4. The minimum absolute atomic E-state index is 0.0805. The van der Waals surface area contributed by atoms with Crippen LogP contribution in [0.2, 0.25) is 5.28 Å². The number of benzene rings is 1. The summed E-state index contributed by atoms with van der Waals surface area (Å²) in [6.45, 7) is 8.92. The molecule has 4 heterocycles. The summed E-state index contributed by atoms with van der Waals surface area (Å²) in [7, 11) is 0. The lowest BCUT2D eigenvalue weighted by Crippen LogP contribution is -2.37. The van der Waals surface area contributed by atoms with E-state index < -0.39 is 42.0 Å². The molecule has 0 saturated carbocycles. The number of nitrogens with zero attached hydrogens (tertiary/aromatic N) is 5. The Bertz CT molecular complexity index is 1290. The van der Waals surface area contributed by atoms with E-state index in [-0.39, 0.29) is 24.3 Å². The van der Waals surface area contributed by atoms with Gasteiger partial charge in [-0.2, -0.15) is 9.97 Å². The number of hydrogen-bond acceptors (Lipinski definition) is 9. The van der Waals surface area contributed by atoms with E-state index in [9.17, 15) is 9.90 Å². The lowest BCUT2D eigenvalue weighted by atomic mass is 10.1. The van der Waals surface area contributed by atoms with Crippen molar-refractivity contribution >= 4 is 34.7 Å². The first-order valence-electron chi connectivity index (χ1n) is 12.0. The molecule has 0 unspecified atom stereocenters. The van der Waals surface area contributed by atoms with Gasteiger partial charge in [-0.15, -0.1) is 0 Å². The zero-order valence-electron chi connectivity index (χ0n) is 21.3. The number of rotatable bonds is 5. The molecule has 0 spiro atoms. The van der Waals surface area contributed by atoms with E-state index in [1.807, 2.05) is 44.2 Å². The Balaban J connectivity index is 1.58. The Labute approximate surface area is 219 Å². The summed E-state index contributed by atoms with van der Waals surface area (Å²) in [4.78, 5) is 28.1. The van der Waals surface area contributed by atoms with E-state index in [4.69, 9.17) is 30.5 Å². The highest BCUT2D eigenvalue weighted by Gasteiger charge is 2.56. The molecular formula is C25H30ClN5O6. The predicted octanol–water partition coefficient (Wildman–Crippen LogP) is 3.83. The zero-order valence-corrected chi connectivity index (χ0v) is 22.0. The van der Waals surface area contributed by atoms with E-state index >= 15 is 0 Å². The zero-order chi connectivity index (χ0) is 26.5. The van der Waals surface area contributed by atoms with Crippen LogP contribution in [-0.4, -0.2) is 67.0 Å². The predicted molar refractivity (Wildman–Crippen MR) is 134 cm³/mol. The summed E-state index contributed by atoms with van der Waals surface area (Å²) >= 11 is 6.38. The van der Waals surface area contributed by atoms with Gasteiger partial charge in [-0.1, -0.05) is 30.3 Å². The molecule has 2 fully saturated rings. The van der Waals surface area contributed by atoms with Crippen molar-refractivity contribution in [3.63, 3.8) is 0 Å². The van der Waals surface area contributed by atoms with Crippen molar-refractivity contribution in [2.75, 3.05) is 11.5 Å². The van der Waals surface area contributed by atoms with Crippen LogP contribution in [-0.2, 0) is 25.5 Å². The number of anilines is 1. The van der Waals surface area contributed by atoms with Crippen LogP contribution in [0, 0.1) is 0 Å². The monoisotopic (exact) mass is 531 g/mol. The smallest absolute Gasteiger partial charge is 0.416 e. The van der Waals surface area contributed by atoms with Gasteiger partial charge in [0.1, 0.15) is 23.9 Å². The summed E-state index contributed by atoms with van der Waals surface area (Å²) in [5.41, 5.74) is 0.798. The van der Waals surface area contributed by atoms with Crippen LogP contribution in [0.4, 0.5) is 10.6 Å². The quantitative estimate of drug-likeness (QED) is 0.489. The molecule has 1 aromatic carbocycles. The number of halogens is 1. The summed E-state index contributed by atoms with van der Waals surface area (Å²) in [6, 6.07) is 9.47. The third-order valence-electron chi connectivity index (χ3n) is 6.01. The number of aromatic nitrogens is 4. The van der Waals surface area contributed by atoms with E-state index in [1.54, 1.807) is 25.3 Å². The van der Waals surface area contributed by atoms with Crippen LogP contribution in [0.15, 0.2) is 36.7 Å². The fourth-order valence-electron chi connectivity index (χ4n) is 4.59. The summed E-state index contributed by atoms with van der Waals surface area (Å²) < 4.78 is 25.5. The molecule has 4 atom stereocenters. The molecule has 1 amide bonds. The van der Waals surface area contributed by atoms with E-state index in [0.717, 1.165) is 5.56 Å². The van der Waals surface area contributed by atoms with E-state index in [2.05, 4.69) is 15.0 Å². The fourth-order valence-corrected chi connectivity index (χ4v) is 4.75. The summed E-state index contributed by atoms with van der Waals surface area (Å²) in [6.07, 6.45) is -1.36. The molecule has 1 N–H and O–H groups in total. The number of imidazole rings is 1. The number of amides is 1. The average Bonchev–Trinajstić information content (AvgIpc) is 3.46. The van der Waals surface area contributed by atoms with Gasteiger partial charge >= 0.3 is 6.09 Å². The largest absolute Gasteiger partial charge is 0.443 e. The van der Waals surface area contributed by atoms with Gasteiger partial charge in [0.05, 0.1) is 19.5 Å². The molecule has 198 valence electrons. The number of hydrogen-bond donors (Lipinski definition) is 1. The second-order valence-electron chi connectivity index (χ2n) is 10.5. The first-order valence-corrected chi connectivity index (χ1v) is 12.4. The van der Waals surface area contributed by atoms with Gasteiger partial charge in [-0.3, -0.25) is 9.47 Å². The van der Waals surface area contributed by atoms with Crippen molar-refractivity contribution in [2.45, 2.75) is 77.1 Å². The molecule has 12 heteroatoms.